The summed E-state index contributed by atoms with van der Waals surface area (Å²) in [5.41, 5.74) is 0. The van der Waals surface area contributed by atoms with Gasteiger partial charge in [0.05, 0.1) is 4.90 Å². The fourth-order valence-electron chi connectivity index (χ4n) is 0.932. The van der Waals surface area contributed by atoms with Gasteiger partial charge in [0.15, 0.2) is 21.5 Å². The molecule has 0 fully saturated rings. The Morgan fingerprint density at radius 2 is 1.62 bits per heavy atom. The van der Waals surface area contributed by atoms with Gasteiger partial charge in [0.2, 0.25) is 0 Å². The Kier molecular flexibility index (Phi) is 3.28. The molecule has 1 aromatic carbocycles. The summed E-state index contributed by atoms with van der Waals surface area (Å²) in [5.74, 6) is -3.30. The van der Waals surface area contributed by atoms with Crippen molar-refractivity contribution in [1.82, 2.24) is 0 Å². The average Bonchev–Trinajstić information content (AvgIpc) is 2.05. The van der Waals surface area contributed by atoms with E-state index < -0.39 is 40.3 Å². The molecule has 0 aromatic heterocycles. The molecule has 0 heterocycles. The number of hydrogen-bond acceptors (Lipinski definition) is 4. The van der Waals surface area contributed by atoms with Crippen LogP contribution in [-0.4, -0.2) is 23.1 Å². The number of halogens is 3. The highest BCUT2D eigenvalue weighted by Crippen LogP contribution is 2.25. The maximum absolute atomic E-state index is 13.0. The molecule has 9 heteroatoms. The van der Waals surface area contributed by atoms with Crippen LogP contribution in [0, 0.1) is 11.6 Å². The topological polar surface area (TPSA) is 68.3 Å². The molecule has 0 aliphatic carbocycles. The van der Waals surface area contributed by atoms with Gasteiger partial charge in [-0.1, -0.05) is 0 Å². The minimum atomic E-state index is -4.55. The second kappa shape index (κ2) is 3.94. The van der Waals surface area contributed by atoms with Gasteiger partial charge in [-0.2, -0.15) is 0 Å². The SMILES string of the molecule is CS(=O)(=O)c1cc(F)c(F)c(S(=O)(=O)Cl)c1. The van der Waals surface area contributed by atoms with Crippen molar-refractivity contribution in [3.8, 4) is 0 Å². The van der Waals surface area contributed by atoms with E-state index in [-0.39, 0.29) is 0 Å². The minimum absolute atomic E-state index is 0.385. The van der Waals surface area contributed by atoms with E-state index in [1.54, 1.807) is 0 Å². The van der Waals surface area contributed by atoms with Crippen LogP contribution < -0.4 is 0 Å². The Balaban J connectivity index is 3.72. The molecule has 0 atom stereocenters. The van der Waals surface area contributed by atoms with E-state index in [2.05, 4.69) is 0 Å². The van der Waals surface area contributed by atoms with Gasteiger partial charge < -0.3 is 0 Å². The fraction of sp³-hybridized carbons (Fsp3) is 0.143. The van der Waals surface area contributed by atoms with Gasteiger partial charge in [-0.05, 0) is 12.1 Å². The molecule has 4 nitrogen and oxygen atoms in total. The molecule has 1 aromatic rings. The van der Waals surface area contributed by atoms with Gasteiger partial charge in [0.1, 0.15) is 4.90 Å². The van der Waals surface area contributed by atoms with Crippen molar-refractivity contribution in [2.24, 2.45) is 0 Å². The molecule has 0 unspecified atom stereocenters. The van der Waals surface area contributed by atoms with E-state index in [4.69, 9.17) is 10.7 Å². The van der Waals surface area contributed by atoms with Crippen LogP contribution in [0.25, 0.3) is 0 Å². The standard InChI is InChI=1S/C7H5ClF2O4S2/c1-15(11,12)4-2-5(9)7(10)6(3-4)16(8,13)14/h2-3H,1H3. The van der Waals surface area contributed by atoms with Crippen LogP contribution in [0.2, 0.25) is 0 Å². The molecular weight excluding hydrogens is 286 g/mol. The van der Waals surface area contributed by atoms with E-state index in [0.29, 0.717) is 12.1 Å². The number of hydrogen-bond donors (Lipinski definition) is 0. The van der Waals surface area contributed by atoms with Crippen molar-refractivity contribution in [2.45, 2.75) is 9.79 Å². The molecule has 0 bridgehead atoms. The molecule has 16 heavy (non-hydrogen) atoms. The largest absolute Gasteiger partial charge is 0.264 e. The van der Waals surface area contributed by atoms with Gasteiger partial charge >= 0.3 is 0 Å². The van der Waals surface area contributed by atoms with Crippen LogP contribution in [0.4, 0.5) is 8.78 Å². The van der Waals surface area contributed by atoms with Crippen molar-refractivity contribution < 1.29 is 25.6 Å². The second-order valence-electron chi connectivity index (χ2n) is 2.93. The van der Waals surface area contributed by atoms with Gasteiger partial charge in [-0.25, -0.2) is 25.6 Å². The summed E-state index contributed by atoms with van der Waals surface area (Å²) in [7, 11) is -3.57. The zero-order valence-corrected chi connectivity index (χ0v) is 10.1. The molecule has 0 N–H and O–H groups in total. The second-order valence-corrected chi connectivity index (χ2v) is 7.48. The molecule has 0 amide bonds. The highest BCUT2D eigenvalue weighted by atomic mass is 35.7. The number of sulfone groups is 1. The van der Waals surface area contributed by atoms with Crippen molar-refractivity contribution in [2.75, 3.05) is 6.26 Å². The van der Waals surface area contributed by atoms with Crippen molar-refractivity contribution in [1.29, 1.82) is 0 Å². The van der Waals surface area contributed by atoms with E-state index in [1.807, 2.05) is 0 Å². The lowest BCUT2D eigenvalue weighted by Gasteiger charge is -2.03. The molecule has 1 rings (SSSR count). The highest BCUT2D eigenvalue weighted by Gasteiger charge is 2.23. The lowest BCUT2D eigenvalue weighted by molar-refractivity contribution is 0.482. The van der Waals surface area contributed by atoms with Crippen LogP contribution in [0.15, 0.2) is 21.9 Å². The summed E-state index contributed by atoms with van der Waals surface area (Å²) >= 11 is 0. The summed E-state index contributed by atoms with van der Waals surface area (Å²) in [5, 5.41) is 0. The Bertz CT molecular complexity index is 637. The van der Waals surface area contributed by atoms with E-state index >= 15 is 0 Å². The zero-order valence-electron chi connectivity index (χ0n) is 7.74. The van der Waals surface area contributed by atoms with Crippen molar-refractivity contribution in [3.63, 3.8) is 0 Å². The maximum atomic E-state index is 13.0. The van der Waals surface area contributed by atoms with E-state index in [0.717, 1.165) is 6.26 Å². The normalized spacial score (nSPS) is 12.8. The highest BCUT2D eigenvalue weighted by molar-refractivity contribution is 8.13. The molecule has 0 spiro atoms. The van der Waals surface area contributed by atoms with Crippen LogP contribution in [0.3, 0.4) is 0 Å². The summed E-state index contributed by atoms with van der Waals surface area (Å²) in [4.78, 5) is -1.86. The molecule has 0 saturated carbocycles. The first kappa shape index (κ1) is 13.3. The zero-order chi connectivity index (χ0) is 12.7. The summed E-state index contributed by atoms with van der Waals surface area (Å²) in [6.45, 7) is 0. The average molecular weight is 291 g/mol. The third kappa shape index (κ3) is 2.69. The predicted octanol–water partition coefficient (Wildman–Crippen LogP) is 1.30. The van der Waals surface area contributed by atoms with Crippen LogP contribution in [-0.2, 0) is 18.9 Å². The van der Waals surface area contributed by atoms with E-state index in [1.165, 1.54) is 0 Å². The van der Waals surface area contributed by atoms with Crippen LogP contribution >= 0.6 is 10.7 Å². The predicted molar refractivity (Wildman–Crippen MR) is 52.5 cm³/mol. The molecule has 0 aliphatic rings. The smallest absolute Gasteiger partial charge is 0.224 e. The third-order valence-electron chi connectivity index (χ3n) is 1.66. The van der Waals surface area contributed by atoms with E-state index in [9.17, 15) is 25.6 Å². The monoisotopic (exact) mass is 290 g/mol. The molecule has 0 saturated heterocycles. The molecule has 90 valence electrons. The Hall–Kier alpha value is -0.730. The lowest BCUT2D eigenvalue weighted by atomic mass is 10.3. The van der Waals surface area contributed by atoms with Crippen LogP contribution in [0.5, 0.6) is 0 Å². The first-order valence-electron chi connectivity index (χ1n) is 3.67. The number of rotatable bonds is 2. The van der Waals surface area contributed by atoms with Crippen LogP contribution in [0.1, 0.15) is 0 Å². The fourth-order valence-corrected chi connectivity index (χ4v) is 2.57. The summed E-state index contributed by atoms with van der Waals surface area (Å²) in [6.07, 6.45) is 0.726. The van der Waals surface area contributed by atoms with Gasteiger partial charge in [0.25, 0.3) is 9.05 Å². The minimum Gasteiger partial charge on any atom is -0.224 e. The Labute approximate surface area is 95.2 Å². The first-order chi connectivity index (χ1) is 7.03. The molecule has 0 aliphatic heterocycles. The lowest BCUT2D eigenvalue weighted by Crippen LogP contribution is -2.04. The Morgan fingerprint density at radius 3 is 2.00 bits per heavy atom. The van der Waals surface area contributed by atoms with Gasteiger partial charge in [0, 0.05) is 16.9 Å². The first-order valence-corrected chi connectivity index (χ1v) is 7.87. The third-order valence-corrected chi connectivity index (χ3v) is 4.07. The van der Waals surface area contributed by atoms with Crippen molar-refractivity contribution >= 4 is 29.6 Å². The summed E-state index contributed by atoms with van der Waals surface area (Å²) in [6, 6.07) is 0.853. The number of benzene rings is 1. The van der Waals surface area contributed by atoms with Gasteiger partial charge in [-0.3, -0.25) is 0 Å². The Morgan fingerprint density at radius 1 is 1.12 bits per heavy atom. The molecule has 0 radical (unpaired) electrons. The van der Waals surface area contributed by atoms with Crippen molar-refractivity contribution in [3.05, 3.63) is 23.8 Å². The molecular formula is C7H5ClF2O4S2. The maximum Gasteiger partial charge on any atom is 0.264 e. The quantitative estimate of drug-likeness (QED) is 0.608. The van der Waals surface area contributed by atoms with Gasteiger partial charge in [-0.15, -0.1) is 0 Å². The summed E-state index contributed by atoms with van der Waals surface area (Å²) < 4.78 is 69.8.